The van der Waals surface area contributed by atoms with Gasteiger partial charge in [-0.25, -0.2) is 15.6 Å². The van der Waals surface area contributed by atoms with E-state index in [0.29, 0.717) is 19.0 Å². The fraction of sp³-hybridized carbons (Fsp3) is 0.462. The minimum atomic E-state index is -0.511. The number of nitrogens with zero attached hydrogens (tertiary/aromatic N) is 1. The molecule has 1 rings (SSSR count). The molecule has 1 unspecified atom stereocenters. The molecule has 5 heteroatoms. The van der Waals surface area contributed by atoms with Gasteiger partial charge in [-0.2, -0.15) is 0 Å². The van der Waals surface area contributed by atoms with Gasteiger partial charge in [0.1, 0.15) is 6.61 Å². The van der Waals surface area contributed by atoms with Crippen LogP contribution in [0.1, 0.15) is 18.9 Å². The molecule has 0 fully saturated rings. The summed E-state index contributed by atoms with van der Waals surface area (Å²) in [6.07, 6.45) is 0.260. The van der Waals surface area contributed by atoms with E-state index in [2.05, 4.69) is 0 Å². The summed E-state index contributed by atoms with van der Waals surface area (Å²) in [7, 11) is 0. The molecular weight excluding hydrogens is 230 g/mol. The van der Waals surface area contributed by atoms with Crippen LogP contribution >= 0.6 is 0 Å². The van der Waals surface area contributed by atoms with Crippen molar-refractivity contribution < 1.29 is 9.53 Å². The van der Waals surface area contributed by atoms with Gasteiger partial charge in [-0.05, 0) is 24.4 Å². The minimum absolute atomic E-state index is 0.236. The highest BCUT2D eigenvalue weighted by molar-refractivity contribution is 5.66. The second-order valence-corrected chi connectivity index (χ2v) is 4.36. The molecule has 1 amide bonds. The van der Waals surface area contributed by atoms with Gasteiger partial charge in [0.05, 0.1) is 0 Å². The largest absolute Gasteiger partial charge is 0.444 e. The van der Waals surface area contributed by atoms with Crippen molar-refractivity contribution in [3.63, 3.8) is 0 Å². The van der Waals surface area contributed by atoms with Crippen LogP contribution in [0.4, 0.5) is 4.79 Å². The van der Waals surface area contributed by atoms with Crippen LogP contribution in [0, 0.1) is 5.92 Å². The normalized spacial score (nSPS) is 11.9. The van der Waals surface area contributed by atoms with Crippen LogP contribution in [0.3, 0.4) is 0 Å². The Morgan fingerprint density at radius 1 is 1.39 bits per heavy atom. The van der Waals surface area contributed by atoms with E-state index in [0.717, 1.165) is 17.0 Å². The van der Waals surface area contributed by atoms with Crippen LogP contribution < -0.4 is 11.6 Å². The summed E-state index contributed by atoms with van der Waals surface area (Å²) in [5.41, 5.74) is 6.43. The van der Waals surface area contributed by atoms with E-state index in [1.807, 2.05) is 37.3 Å². The zero-order valence-corrected chi connectivity index (χ0v) is 10.7. The molecule has 100 valence electrons. The lowest BCUT2D eigenvalue weighted by Crippen LogP contribution is -2.39. The Morgan fingerprint density at radius 2 is 2.06 bits per heavy atom. The Bertz CT molecular complexity index is 357. The molecular formula is C13H21N3O2. The first-order valence-electron chi connectivity index (χ1n) is 6.06. The van der Waals surface area contributed by atoms with Crippen molar-refractivity contribution in [3.8, 4) is 0 Å². The summed E-state index contributed by atoms with van der Waals surface area (Å²) in [6, 6.07) is 9.49. The molecule has 1 aromatic rings. The maximum Gasteiger partial charge on any atom is 0.424 e. The molecule has 0 aliphatic carbocycles. The molecule has 0 heterocycles. The molecule has 0 radical (unpaired) electrons. The van der Waals surface area contributed by atoms with Crippen LogP contribution in [0.5, 0.6) is 0 Å². The van der Waals surface area contributed by atoms with Crippen molar-refractivity contribution in [1.82, 2.24) is 5.01 Å². The third-order valence-electron chi connectivity index (χ3n) is 2.70. The zero-order chi connectivity index (χ0) is 13.4. The third-order valence-corrected chi connectivity index (χ3v) is 2.70. The third kappa shape index (κ3) is 5.16. The first-order chi connectivity index (χ1) is 8.63. The lowest BCUT2D eigenvalue weighted by Gasteiger charge is -2.18. The summed E-state index contributed by atoms with van der Waals surface area (Å²) in [4.78, 5) is 11.6. The lowest BCUT2D eigenvalue weighted by atomic mass is 10.1. The molecule has 0 saturated heterocycles. The molecule has 1 aromatic carbocycles. The summed E-state index contributed by atoms with van der Waals surface area (Å²) in [5.74, 6) is 5.95. The zero-order valence-electron chi connectivity index (χ0n) is 10.7. The van der Waals surface area contributed by atoms with Gasteiger partial charge in [0.15, 0.2) is 0 Å². The molecule has 0 bridgehead atoms. The fourth-order valence-corrected chi connectivity index (χ4v) is 1.37. The number of nitrogens with two attached hydrogens (primary N) is 2. The number of carbonyl (C=O) groups is 1. The molecule has 0 saturated carbocycles. The van der Waals surface area contributed by atoms with Crippen LogP contribution in [0.25, 0.3) is 0 Å². The minimum Gasteiger partial charge on any atom is -0.444 e. The van der Waals surface area contributed by atoms with E-state index < -0.39 is 6.09 Å². The molecule has 18 heavy (non-hydrogen) atoms. The SMILES string of the molecule is CC(CN)CCN(N)C(=O)OCc1ccccc1. The Kier molecular flexibility index (Phi) is 6.18. The van der Waals surface area contributed by atoms with Gasteiger partial charge >= 0.3 is 6.09 Å². The molecule has 5 nitrogen and oxygen atoms in total. The van der Waals surface area contributed by atoms with Gasteiger partial charge in [-0.1, -0.05) is 37.3 Å². The highest BCUT2D eigenvalue weighted by atomic mass is 16.6. The van der Waals surface area contributed by atoms with E-state index in [9.17, 15) is 4.79 Å². The molecule has 0 aliphatic heterocycles. The Labute approximate surface area is 108 Å². The van der Waals surface area contributed by atoms with Crippen LogP contribution in [-0.4, -0.2) is 24.2 Å². The number of rotatable bonds is 6. The molecule has 0 aromatic heterocycles. The van der Waals surface area contributed by atoms with E-state index in [4.69, 9.17) is 16.3 Å². The number of hydrogen-bond donors (Lipinski definition) is 2. The summed E-state index contributed by atoms with van der Waals surface area (Å²) < 4.78 is 5.09. The summed E-state index contributed by atoms with van der Waals surface area (Å²) in [6.45, 7) is 3.29. The van der Waals surface area contributed by atoms with Crippen molar-refractivity contribution in [2.75, 3.05) is 13.1 Å². The Balaban J connectivity index is 2.28. The molecule has 1 atom stereocenters. The topological polar surface area (TPSA) is 81.6 Å². The number of carbonyl (C=O) groups excluding carboxylic acids is 1. The maximum atomic E-state index is 11.6. The van der Waals surface area contributed by atoms with Gasteiger partial charge in [0.2, 0.25) is 0 Å². The van der Waals surface area contributed by atoms with Gasteiger partial charge < -0.3 is 10.5 Å². The van der Waals surface area contributed by atoms with Crippen molar-refractivity contribution in [2.45, 2.75) is 20.0 Å². The second kappa shape index (κ2) is 7.68. The van der Waals surface area contributed by atoms with E-state index in [1.165, 1.54) is 0 Å². The van der Waals surface area contributed by atoms with E-state index in [1.54, 1.807) is 0 Å². The lowest BCUT2D eigenvalue weighted by molar-refractivity contribution is 0.0945. The predicted octanol–water partition coefficient (Wildman–Crippen LogP) is 1.48. The van der Waals surface area contributed by atoms with Crippen LogP contribution in [0.2, 0.25) is 0 Å². The number of hydrazine groups is 1. The predicted molar refractivity (Wildman–Crippen MR) is 70.4 cm³/mol. The van der Waals surface area contributed by atoms with Crippen molar-refractivity contribution in [2.24, 2.45) is 17.5 Å². The number of ether oxygens (including phenoxy) is 1. The van der Waals surface area contributed by atoms with Gasteiger partial charge in [0, 0.05) is 6.54 Å². The van der Waals surface area contributed by atoms with Crippen LogP contribution in [-0.2, 0) is 11.3 Å². The van der Waals surface area contributed by atoms with Gasteiger partial charge in [-0.15, -0.1) is 0 Å². The van der Waals surface area contributed by atoms with Crippen molar-refractivity contribution in [3.05, 3.63) is 35.9 Å². The highest BCUT2D eigenvalue weighted by Crippen LogP contribution is 2.04. The second-order valence-electron chi connectivity index (χ2n) is 4.36. The average Bonchev–Trinajstić information content (AvgIpc) is 2.42. The Hall–Kier alpha value is -1.59. The summed E-state index contributed by atoms with van der Waals surface area (Å²) in [5, 5.41) is 1.09. The van der Waals surface area contributed by atoms with Crippen molar-refractivity contribution >= 4 is 6.09 Å². The van der Waals surface area contributed by atoms with Gasteiger partial charge in [-0.3, -0.25) is 0 Å². The first kappa shape index (κ1) is 14.5. The smallest absolute Gasteiger partial charge is 0.424 e. The molecule has 4 N–H and O–H groups in total. The highest BCUT2D eigenvalue weighted by Gasteiger charge is 2.11. The average molecular weight is 251 g/mol. The Morgan fingerprint density at radius 3 is 2.67 bits per heavy atom. The number of hydrogen-bond acceptors (Lipinski definition) is 4. The molecule has 0 spiro atoms. The van der Waals surface area contributed by atoms with Crippen molar-refractivity contribution in [1.29, 1.82) is 0 Å². The first-order valence-corrected chi connectivity index (χ1v) is 6.06. The maximum absolute atomic E-state index is 11.6. The summed E-state index contributed by atoms with van der Waals surface area (Å²) >= 11 is 0. The fourth-order valence-electron chi connectivity index (χ4n) is 1.37. The molecule has 0 aliphatic rings. The number of benzene rings is 1. The van der Waals surface area contributed by atoms with E-state index in [-0.39, 0.29) is 6.61 Å². The van der Waals surface area contributed by atoms with E-state index >= 15 is 0 Å². The quantitative estimate of drug-likeness (QED) is 0.456. The van der Waals surface area contributed by atoms with Crippen LogP contribution in [0.15, 0.2) is 30.3 Å². The number of amides is 1. The standard InChI is InChI=1S/C13H21N3O2/c1-11(9-14)7-8-16(15)13(17)18-10-12-5-3-2-4-6-12/h2-6,11H,7-10,14-15H2,1H3. The van der Waals surface area contributed by atoms with Gasteiger partial charge in [0.25, 0.3) is 0 Å². The monoisotopic (exact) mass is 251 g/mol.